The molecule has 15 heavy (non-hydrogen) atoms. The van der Waals surface area contributed by atoms with Crippen molar-refractivity contribution in [1.29, 1.82) is 0 Å². The van der Waals surface area contributed by atoms with Gasteiger partial charge in [-0.1, -0.05) is 0 Å². The molecule has 4 heteroatoms. The topological polar surface area (TPSA) is 37.4 Å². The molecular weight excluding hydrogens is 210 g/mol. The van der Waals surface area contributed by atoms with Crippen LogP contribution in [0.15, 0.2) is 6.07 Å². The van der Waals surface area contributed by atoms with Gasteiger partial charge in [-0.3, -0.25) is 9.59 Å². The number of Topliss-reactive ketones (excluding diaryl/α,β-unsaturated/α-hetero) is 1. The summed E-state index contributed by atoms with van der Waals surface area (Å²) in [7, 11) is 0. The molecule has 1 aromatic rings. The Morgan fingerprint density at radius 2 is 2.27 bits per heavy atom. The Morgan fingerprint density at radius 1 is 1.47 bits per heavy atom. The lowest BCUT2D eigenvalue weighted by molar-refractivity contribution is -0.129. The SMILES string of the molecule is Cc1cc2c(s1)CCN1C(=O)CC(=O)C21. The van der Waals surface area contributed by atoms with Crippen molar-refractivity contribution in [2.24, 2.45) is 0 Å². The maximum atomic E-state index is 11.7. The van der Waals surface area contributed by atoms with E-state index in [4.69, 9.17) is 0 Å². The number of rotatable bonds is 0. The Balaban J connectivity index is 2.12. The Labute approximate surface area is 91.7 Å². The maximum Gasteiger partial charge on any atom is 0.231 e. The molecule has 0 spiro atoms. The smallest absolute Gasteiger partial charge is 0.231 e. The van der Waals surface area contributed by atoms with Crippen molar-refractivity contribution >= 4 is 23.0 Å². The van der Waals surface area contributed by atoms with Gasteiger partial charge in [0.1, 0.15) is 6.04 Å². The second-order valence-electron chi connectivity index (χ2n) is 4.12. The highest BCUT2D eigenvalue weighted by Gasteiger charge is 2.42. The van der Waals surface area contributed by atoms with Crippen LogP contribution in [0.3, 0.4) is 0 Å². The second kappa shape index (κ2) is 2.92. The molecule has 0 saturated carbocycles. The minimum atomic E-state index is -0.258. The minimum absolute atomic E-state index is 0.000460. The molecule has 3 heterocycles. The van der Waals surface area contributed by atoms with Gasteiger partial charge >= 0.3 is 0 Å². The molecule has 1 atom stereocenters. The number of hydrogen-bond acceptors (Lipinski definition) is 3. The second-order valence-corrected chi connectivity index (χ2v) is 5.46. The molecule has 3 rings (SSSR count). The first-order valence-electron chi connectivity index (χ1n) is 5.08. The summed E-state index contributed by atoms with van der Waals surface area (Å²) in [6, 6.07) is 1.80. The van der Waals surface area contributed by atoms with Crippen LogP contribution in [-0.4, -0.2) is 23.1 Å². The first kappa shape index (κ1) is 9.09. The average molecular weight is 221 g/mol. The van der Waals surface area contributed by atoms with E-state index in [1.165, 1.54) is 9.75 Å². The molecule has 2 aliphatic rings. The highest BCUT2D eigenvalue weighted by atomic mass is 32.1. The van der Waals surface area contributed by atoms with Crippen LogP contribution in [0.5, 0.6) is 0 Å². The molecule has 0 aliphatic carbocycles. The van der Waals surface area contributed by atoms with Gasteiger partial charge in [0.15, 0.2) is 5.78 Å². The lowest BCUT2D eigenvalue weighted by atomic mass is 9.99. The van der Waals surface area contributed by atoms with E-state index in [0.29, 0.717) is 6.54 Å². The van der Waals surface area contributed by atoms with Gasteiger partial charge in [-0.2, -0.15) is 0 Å². The molecule has 1 aromatic heterocycles. The normalized spacial score (nSPS) is 24.3. The van der Waals surface area contributed by atoms with E-state index in [9.17, 15) is 9.59 Å². The number of fused-ring (bicyclic) bond motifs is 3. The van der Waals surface area contributed by atoms with Crippen molar-refractivity contribution in [3.05, 3.63) is 21.4 Å². The average Bonchev–Trinajstić information content (AvgIpc) is 2.66. The Hall–Kier alpha value is -1.16. The van der Waals surface area contributed by atoms with E-state index < -0.39 is 0 Å². The van der Waals surface area contributed by atoms with Crippen LogP contribution in [0.2, 0.25) is 0 Å². The molecule has 1 amide bonds. The van der Waals surface area contributed by atoms with Crippen LogP contribution < -0.4 is 0 Å². The van der Waals surface area contributed by atoms with Crippen molar-refractivity contribution in [3.63, 3.8) is 0 Å². The molecular formula is C11H11NO2S. The van der Waals surface area contributed by atoms with E-state index in [2.05, 4.69) is 13.0 Å². The highest BCUT2D eigenvalue weighted by Crippen LogP contribution is 2.39. The van der Waals surface area contributed by atoms with Crippen LogP contribution in [0, 0.1) is 6.92 Å². The molecule has 0 N–H and O–H groups in total. The number of carbonyl (C=O) groups is 2. The predicted molar refractivity (Wildman–Crippen MR) is 56.8 cm³/mol. The zero-order chi connectivity index (χ0) is 10.6. The van der Waals surface area contributed by atoms with Crippen LogP contribution in [0.1, 0.15) is 27.8 Å². The molecule has 1 saturated heterocycles. The zero-order valence-electron chi connectivity index (χ0n) is 8.45. The molecule has 0 radical (unpaired) electrons. The monoisotopic (exact) mass is 221 g/mol. The van der Waals surface area contributed by atoms with Gasteiger partial charge in [-0.05, 0) is 25.0 Å². The molecule has 2 aliphatic heterocycles. The van der Waals surface area contributed by atoms with Gasteiger partial charge in [0.25, 0.3) is 0 Å². The van der Waals surface area contributed by atoms with Gasteiger partial charge in [0.2, 0.25) is 5.91 Å². The maximum absolute atomic E-state index is 11.7. The number of thiophene rings is 1. The Morgan fingerprint density at radius 3 is 3.07 bits per heavy atom. The third-order valence-corrected chi connectivity index (χ3v) is 4.23. The summed E-state index contributed by atoms with van der Waals surface area (Å²) in [5, 5.41) is 0. The van der Waals surface area contributed by atoms with Crippen molar-refractivity contribution < 1.29 is 9.59 Å². The lowest BCUT2D eigenvalue weighted by Crippen LogP contribution is -2.34. The predicted octanol–water partition coefficient (Wildman–Crippen LogP) is 1.46. The van der Waals surface area contributed by atoms with Crippen LogP contribution in [-0.2, 0) is 16.0 Å². The van der Waals surface area contributed by atoms with E-state index in [0.717, 1.165) is 12.0 Å². The number of nitrogens with zero attached hydrogens (tertiary/aromatic N) is 1. The third-order valence-electron chi connectivity index (χ3n) is 3.10. The zero-order valence-corrected chi connectivity index (χ0v) is 9.26. The first-order chi connectivity index (χ1) is 7.16. The van der Waals surface area contributed by atoms with Crippen molar-refractivity contribution in [2.75, 3.05) is 6.54 Å². The van der Waals surface area contributed by atoms with Crippen LogP contribution in [0.4, 0.5) is 0 Å². The molecule has 1 fully saturated rings. The Kier molecular flexibility index (Phi) is 1.77. The van der Waals surface area contributed by atoms with Crippen LogP contribution >= 0.6 is 11.3 Å². The van der Waals surface area contributed by atoms with E-state index in [1.807, 2.05) is 0 Å². The highest BCUT2D eigenvalue weighted by molar-refractivity contribution is 7.12. The molecule has 0 aromatic carbocycles. The summed E-state index contributed by atoms with van der Waals surface area (Å²) in [5.74, 6) is 0.0678. The standard InChI is InChI=1S/C11H11NO2S/c1-6-4-7-9(15-6)2-3-12-10(14)5-8(13)11(7)12/h4,11H,2-3,5H2,1H3. The minimum Gasteiger partial charge on any atom is -0.328 e. The van der Waals surface area contributed by atoms with E-state index >= 15 is 0 Å². The summed E-state index contributed by atoms with van der Waals surface area (Å²) in [5.41, 5.74) is 1.08. The molecule has 78 valence electrons. The number of aryl methyl sites for hydroxylation is 1. The number of carbonyl (C=O) groups excluding carboxylic acids is 2. The molecule has 0 bridgehead atoms. The van der Waals surface area contributed by atoms with Gasteiger partial charge in [-0.25, -0.2) is 0 Å². The quantitative estimate of drug-likeness (QED) is 0.622. The van der Waals surface area contributed by atoms with Crippen molar-refractivity contribution in [2.45, 2.75) is 25.8 Å². The summed E-state index contributed by atoms with van der Waals surface area (Å²) in [4.78, 5) is 27.5. The summed E-state index contributed by atoms with van der Waals surface area (Å²) in [6.45, 7) is 2.76. The number of ketones is 1. The largest absolute Gasteiger partial charge is 0.328 e. The lowest BCUT2D eigenvalue weighted by Gasteiger charge is -2.28. The Bertz CT molecular complexity index is 463. The first-order valence-corrected chi connectivity index (χ1v) is 5.90. The number of amides is 1. The van der Waals surface area contributed by atoms with Gasteiger partial charge in [0, 0.05) is 16.3 Å². The molecule has 1 unspecified atom stereocenters. The fraction of sp³-hybridized carbons (Fsp3) is 0.455. The van der Waals surface area contributed by atoms with E-state index in [1.54, 1.807) is 16.2 Å². The molecule has 3 nitrogen and oxygen atoms in total. The fourth-order valence-electron chi connectivity index (χ4n) is 2.49. The van der Waals surface area contributed by atoms with Crippen molar-refractivity contribution in [3.8, 4) is 0 Å². The number of hydrogen-bond donors (Lipinski definition) is 0. The van der Waals surface area contributed by atoms with Gasteiger partial charge < -0.3 is 4.90 Å². The van der Waals surface area contributed by atoms with Crippen molar-refractivity contribution in [1.82, 2.24) is 4.90 Å². The van der Waals surface area contributed by atoms with E-state index in [-0.39, 0.29) is 24.2 Å². The summed E-state index contributed by atoms with van der Waals surface area (Å²) in [6.07, 6.45) is 1.00. The summed E-state index contributed by atoms with van der Waals surface area (Å²) < 4.78 is 0. The summed E-state index contributed by atoms with van der Waals surface area (Å²) >= 11 is 1.75. The fourth-order valence-corrected chi connectivity index (χ4v) is 3.55. The third kappa shape index (κ3) is 1.17. The van der Waals surface area contributed by atoms with Gasteiger partial charge in [-0.15, -0.1) is 11.3 Å². The van der Waals surface area contributed by atoms with Gasteiger partial charge in [0.05, 0.1) is 6.42 Å². The van der Waals surface area contributed by atoms with Crippen LogP contribution in [0.25, 0.3) is 0 Å².